The molecule has 3 nitrogen and oxygen atoms in total. The Bertz CT molecular complexity index is 123. The molecule has 3 heteroatoms. The zero-order valence-corrected chi connectivity index (χ0v) is 9.42. The number of carbonyl (C=O) groups is 1. The van der Waals surface area contributed by atoms with E-state index in [-0.39, 0.29) is 32.9 Å². The Hall–Kier alpha value is -0.570. The van der Waals surface area contributed by atoms with Gasteiger partial charge in [0.25, 0.3) is 0 Å². The number of amides is 1. The molecule has 0 aliphatic carbocycles. The van der Waals surface area contributed by atoms with E-state index in [9.17, 15) is 4.79 Å². The molecular weight excluding hydrogens is 190 g/mol. The normalized spacial score (nSPS) is 10.1. The van der Waals surface area contributed by atoms with E-state index in [1.54, 1.807) is 0 Å². The van der Waals surface area contributed by atoms with Crippen molar-refractivity contribution in [3.05, 3.63) is 0 Å². The molecule has 0 rings (SSSR count). The number of hydrogen-bond acceptors (Lipinski definition) is 2. The smallest absolute Gasteiger partial charge is 0.217 e. The van der Waals surface area contributed by atoms with Crippen LogP contribution < -0.4 is 5.32 Å². The second-order valence-corrected chi connectivity index (χ2v) is 3.49. The molecule has 0 fully saturated rings. The summed E-state index contributed by atoms with van der Waals surface area (Å²) < 4.78 is 0. The maximum absolute atomic E-state index is 10.1. The van der Waals surface area contributed by atoms with Crippen molar-refractivity contribution in [3.8, 4) is 0 Å². The van der Waals surface area contributed by atoms with Gasteiger partial charge in [-0.25, -0.2) is 0 Å². The lowest BCUT2D eigenvalue weighted by molar-refractivity contribution is -0.119. The summed E-state index contributed by atoms with van der Waals surface area (Å²) in [7, 11) is 0. The van der Waals surface area contributed by atoms with Gasteiger partial charge >= 0.3 is 0 Å². The summed E-state index contributed by atoms with van der Waals surface area (Å²) in [5.41, 5.74) is 0. The Kier molecular flexibility index (Phi) is 25.3. The molecule has 15 heavy (non-hydrogen) atoms. The molecule has 1 atom stereocenters. The van der Waals surface area contributed by atoms with Crippen molar-refractivity contribution in [1.82, 2.24) is 5.32 Å². The van der Waals surface area contributed by atoms with E-state index >= 15 is 0 Å². The molecular formula is C12H31NO2. The third-order valence-corrected chi connectivity index (χ3v) is 1.20. The lowest BCUT2D eigenvalue weighted by Crippen LogP contribution is -2.27. The van der Waals surface area contributed by atoms with Gasteiger partial charge in [0, 0.05) is 13.0 Å². The minimum atomic E-state index is -0.102. The van der Waals surface area contributed by atoms with Gasteiger partial charge < -0.3 is 10.4 Å². The van der Waals surface area contributed by atoms with Crippen molar-refractivity contribution < 1.29 is 9.90 Å². The van der Waals surface area contributed by atoms with Gasteiger partial charge in [0.1, 0.15) is 0 Å². The van der Waals surface area contributed by atoms with Crippen LogP contribution in [-0.4, -0.2) is 23.2 Å². The maximum atomic E-state index is 10.1. The molecule has 2 N–H and O–H groups in total. The topological polar surface area (TPSA) is 49.3 Å². The van der Waals surface area contributed by atoms with Crippen molar-refractivity contribution in [2.45, 2.75) is 74.5 Å². The molecule has 1 amide bonds. The number of hydrogen-bond donors (Lipinski definition) is 2. The summed E-state index contributed by atoms with van der Waals surface area (Å²) in [5.74, 6) is 0.0370. The zero-order chi connectivity index (χ0) is 10.9. The summed E-state index contributed by atoms with van der Waals surface area (Å²) in [6.07, 6.45) is 1.91. The molecule has 0 bridgehead atoms. The SMILES string of the molecule is C.C.CC(=O)NC(C)C.CCCC(C)O. The summed E-state index contributed by atoms with van der Waals surface area (Å²) in [6.45, 7) is 9.25. The zero-order valence-electron chi connectivity index (χ0n) is 9.42. The van der Waals surface area contributed by atoms with Crippen LogP contribution in [0, 0.1) is 0 Å². The minimum absolute atomic E-state index is 0. The first-order valence-corrected chi connectivity index (χ1v) is 4.85. The van der Waals surface area contributed by atoms with E-state index in [2.05, 4.69) is 12.2 Å². The summed E-state index contributed by atoms with van der Waals surface area (Å²) in [5, 5.41) is 11.2. The van der Waals surface area contributed by atoms with Gasteiger partial charge in [-0.1, -0.05) is 28.2 Å². The highest BCUT2D eigenvalue weighted by Crippen LogP contribution is 1.91. The third-order valence-electron chi connectivity index (χ3n) is 1.20. The first-order chi connectivity index (χ1) is 5.90. The Morgan fingerprint density at radius 2 is 1.67 bits per heavy atom. The fourth-order valence-electron chi connectivity index (χ4n) is 0.824. The number of rotatable bonds is 3. The fraction of sp³-hybridized carbons (Fsp3) is 0.917. The van der Waals surface area contributed by atoms with Crippen LogP contribution in [0.15, 0.2) is 0 Å². The first-order valence-electron chi connectivity index (χ1n) is 4.85. The third kappa shape index (κ3) is 42.4. The molecule has 0 heterocycles. The van der Waals surface area contributed by atoms with E-state index in [4.69, 9.17) is 5.11 Å². The van der Waals surface area contributed by atoms with Gasteiger partial charge in [0.15, 0.2) is 0 Å². The van der Waals surface area contributed by atoms with Crippen LogP contribution in [0.5, 0.6) is 0 Å². The highest BCUT2D eigenvalue weighted by Gasteiger charge is 1.91. The molecule has 0 spiro atoms. The quantitative estimate of drug-likeness (QED) is 0.769. The standard InChI is InChI=1S/C5H11NO.C5H12O.2CH4/c1-4(2)6-5(3)7;1-3-4-5(2)6;;/h4H,1-3H3,(H,6,7);5-6H,3-4H2,1-2H3;2*1H4. The number of aliphatic hydroxyl groups is 1. The van der Waals surface area contributed by atoms with Crippen LogP contribution in [0.2, 0.25) is 0 Å². The second-order valence-electron chi connectivity index (χ2n) is 3.49. The van der Waals surface area contributed by atoms with Crippen LogP contribution in [0.4, 0.5) is 0 Å². The maximum Gasteiger partial charge on any atom is 0.217 e. The average Bonchev–Trinajstić information content (AvgIpc) is 1.83. The fourth-order valence-corrected chi connectivity index (χ4v) is 0.824. The Morgan fingerprint density at radius 3 is 1.67 bits per heavy atom. The molecule has 0 radical (unpaired) electrons. The molecule has 0 aromatic rings. The molecule has 0 saturated carbocycles. The largest absolute Gasteiger partial charge is 0.393 e. The van der Waals surface area contributed by atoms with E-state index in [1.807, 2.05) is 20.8 Å². The summed E-state index contributed by atoms with van der Waals surface area (Å²) >= 11 is 0. The van der Waals surface area contributed by atoms with Gasteiger partial charge in [-0.15, -0.1) is 0 Å². The van der Waals surface area contributed by atoms with Crippen molar-refractivity contribution in [2.75, 3.05) is 0 Å². The highest BCUT2D eigenvalue weighted by molar-refractivity contribution is 5.73. The van der Waals surface area contributed by atoms with Crippen LogP contribution >= 0.6 is 0 Å². The van der Waals surface area contributed by atoms with E-state index in [0.29, 0.717) is 0 Å². The molecule has 0 aromatic carbocycles. The van der Waals surface area contributed by atoms with Crippen molar-refractivity contribution in [2.24, 2.45) is 0 Å². The van der Waals surface area contributed by atoms with Crippen LogP contribution in [0.25, 0.3) is 0 Å². The lowest BCUT2D eigenvalue weighted by Gasteiger charge is -2.02. The van der Waals surface area contributed by atoms with E-state index < -0.39 is 0 Å². The van der Waals surface area contributed by atoms with Crippen molar-refractivity contribution >= 4 is 5.91 Å². The lowest BCUT2D eigenvalue weighted by atomic mass is 10.2. The van der Waals surface area contributed by atoms with Gasteiger partial charge in [-0.3, -0.25) is 4.79 Å². The summed E-state index contributed by atoms with van der Waals surface area (Å²) in [6, 6.07) is 0.275. The number of carbonyl (C=O) groups excluding carboxylic acids is 1. The van der Waals surface area contributed by atoms with Gasteiger partial charge in [0.05, 0.1) is 6.10 Å². The molecule has 0 saturated heterocycles. The highest BCUT2D eigenvalue weighted by atomic mass is 16.3. The Morgan fingerprint density at radius 1 is 1.27 bits per heavy atom. The average molecular weight is 221 g/mol. The predicted octanol–water partition coefficient (Wildman–Crippen LogP) is 2.97. The Labute approximate surface area is 96.3 Å². The molecule has 0 aliphatic rings. The predicted molar refractivity (Wildman–Crippen MR) is 69.0 cm³/mol. The summed E-state index contributed by atoms with van der Waals surface area (Å²) in [4.78, 5) is 10.1. The van der Waals surface area contributed by atoms with Crippen LogP contribution in [0.3, 0.4) is 0 Å². The second kappa shape index (κ2) is 15.9. The minimum Gasteiger partial charge on any atom is -0.393 e. The van der Waals surface area contributed by atoms with Crippen LogP contribution in [0.1, 0.15) is 62.3 Å². The van der Waals surface area contributed by atoms with Crippen molar-refractivity contribution in [3.63, 3.8) is 0 Å². The molecule has 96 valence electrons. The van der Waals surface area contributed by atoms with Crippen molar-refractivity contribution in [1.29, 1.82) is 0 Å². The Balaban J connectivity index is -0.0000000718. The molecule has 0 aromatic heterocycles. The monoisotopic (exact) mass is 221 g/mol. The van der Waals surface area contributed by atoms with Crippen LogP contribution in [-0.2, 0) is 4.79 Å². The van der Waals surface area contributed by atoms with Gasteiger partial charge in [0.2, 0.25) is 5.91 Å². The van der Waals surface area contributed by atoms with Gasteiger partial charge in [-0.05, 0) is 27.2 Å². The molecule has 0 aliphatic heterocycles. The number of aliphatic hydroxyl groups excluding tert-OH is 1. The van der Waals surface area contributed by atoms with E-state index in [0.717, 1.165) is 12.8 Å². The molecule has 1 unspecified atom stereocenters. The van der Waals surface area contributed by atoms with Gasteiger partial charge in [-0.2, -0.15) is 0 Å². The number of nitrogens with one attached hydrogen (secondary N) is 1. The van der Waals surface area contributed by atoms with E-state index in [1.165, 1.54) is 6.92 Å². The first kappa shape index (κ1) is 23.9.